The van der Waals surface area contributed by atoms with E-state index in [-0.39, 0.29) is 10.9 Å². The summed E-state index contributed by atoms with van der Waals surface area (Å²) in [4.78, 5) is 3.36. The number of sulfonamides is 1. The fourth-order valence-electron chi connectivity index (χ4n) is 2.05. The van der Waals surface area contributed by atoms with Gasteiger partial charge in [0.15, 0.2) is 0 Å². The van der Waals surface area contributed by atoms with Crippen LogP contribution in [0.25, 0.3) is 0 Å². The van der Waals surface area contributed by atoms with Gasteiger partial charge < -0.3 is 9.64 Å². The van der Waals surface area contributed by atoms with E-state index in [2.05, 4.69) is 4.72 Å². The molecule has 1 N–H and O–H groups in total. The van der Waals surface area contributed by atoms with Crippen LogP contribution < -0.4 is 9.46 Å². The highest BCUT2D eigenvalue weighted by Gasteiger charge is 2.20. The second kappa shape index (κ2) is 7.23. The molecular weight excluding hydrogens is 320 g/mol. The molecule has 0 aliphatic carbocycles. The first kappa shape index (κ1) is 17.0. The summed E-state index contributed by atoms with van der Waals surface area (Å²) < 4.78 is 32.4. The zero-order valence-electron chi connectivity index (χ0n) is 12.8. The van der Waals surface area contributed by atoms with Gasteiger partial charge in [0.05, 0.1) is 18.0 Å². The normalized spacial score (nSPS) is 13.3. The van der Waals surface area contributed by atoms with Gasteiger partial charge in [-0.2, -0.15) is 0 Å². The topological polar surface area (TPSA) is 58.6 Å². The van der Waals surface area contributed by atoms with Crippen molar-refractivity contribution in [1.82, 2.24) is 9.62 Å². The average Bonchev–Trinajstić information content (AvgIpc) is 3.01. The molecule has 0 saturated carbocycles. The number of hydrogen-bond acceptors (Lipinski definition) is 5. The number of likely N-dealkylation sites (N-methyl/N-ethyl adjacent to an activating group) is 1. The van der Waals surface area contributed by atoms with Crippen LogP contribution in [0.2, 0.25) is 0 Å². The lowest BCUT2D eigenvalue weighted by molar-refractivity contribution is 0.303. The summed E-state index contributed by atoms with van der Waals surface area (Å²) >= 11 is 1.62. The minimum Gasteiger partial charge on any atom is -0.497 e. The molecule has 0 bridgehead atoms. The third-order valence-electron chi connectivity index (χ3n) is 3.33. The van der Waals surface area contributed by atoms with E-state index < -0.39 is 10.0 Å². The van der Waals surface area contributed by atoms with Gasteiger partial charge in [-0.1, -0.05) is 6.07 Å². The van der Waals surface area contributed by atoms with E-state index in [1.807, 2.05) is 36.5 Å². The van der Waals surface area contributed by atoms with Gasteiger partial charge in [0.1, 0.15) is 5.75 Å². The molecule has 1 aromatic heterocycles. The van der Waals surface area contributed by atoms with Crippen LogP contribution in [0.3, 0.4) is 0 Å². The molecule has 22 heavy (non-hydrogen) atoms. The van der Waals surface area contributed by atoms with Crippen LogP contribution >= 0.6 is 11.3 Å². The second-order valence-electron chi connectivity index (χ2n) is 5.02. The predicted molar refractivity (Wildman–Crippen MR) is 88.9 cm³/mol. The van der Waals surface area contributed by atoms with Gasteiger partial charge >= 0.3 is 0 Å². The van der Waals surface area contributed by atoms with Gasteiger partial charge in [0.2, 0.25) is 10.0 Å². The molecule has 0 saturated heterocycles. The molecular formula is C15H20N2O3S2. The second-order valence-corrected chi connectivity index (χ2v) is 7.77. The summed E-state index contributed by atoms with van der Waals surface area (Å²) in [5.74, 6) is 0.628. The molecule has 120 valence electrons. The highest BCUT2D eigenvalue weighted by atomic mass is 32.2. The quantitative estimate of drug-likeness (QED) is 0.840. The molecule has 5 nitrogen and oxygen atoms in total. The molecule has 2 aromatic rings. The Balaban J connectivity index is 2.10. The van der Waals surface area contributed by atoms with E-state index in [4.69, 9.17) is 4.74 Å². The molecule has 0 fully saturated rings. The zero-order valence-corrected chi connectivity index (χ0v) is 14.4. The summed E-state index contributed by atoms with van der Waals surface area (Å²) in [5.41, 5.74) is 0. The number of ether oxygens (including phenoxy) is 1. The van der Waals surface area contributed by atoms with E-state index in [1.165, 1.54) is 12.1 Å². The van der Waals surface area contributed by atoms with E-state index in [0.717, 1.165) is 4.88 Å². The van der Waals surface area contributed by atoms with E-state index in [1.54, 1.807) is 30.6 Å². The number of nitrogens with one attached hydrogen (secondary N) is 1. The van der Waals surface area contributed by atoms with Crippen LogP contribution in [-0.2, 0) is 10.0 Å². The Morgan fingerprint density at radius 1 is 1.23 bits per heavy atom. The maximum absolute atomic E-state index is 12.4. The molecule has 1 aromatic carbocycles. The van der Waals surface area contributed by atoms with Crippen molar-refractivity contribution in [3.8, 4) is 5.75 Å². The van der Waals surface area contributed by atoms with Crippen LogP contribution in [0.5, 0.6) is 5.75 Å². The van der Waals surface area contributed by atoms with E-state index >= 15 is 0 Å². The monoisotopic (exact) mass is 340 g/mol. The maximum Gasteiger partial charge on any atom is 0.240 e. The average molecular weight is 340 g/mol. The molecule has 1 heterocycles. The fraction of sp³-hybridized carbons (Fsp3) is 0.333. The SMILES string of the molecule is COc1ccc(S(=O)(=O)NCC(c2cccs2)N(C)C)cc1. The Morgan fingerprint density at radius 3 is 2.41 bits per heavy atom. The number of methoxy groups -OCH3 is 1. The van der Waals surface area contributed by atoms with Crippen molar-refractivity contribution < 1.29 is 13.2 Å². The molecule has 0 aliphatic rings. The minimum absolute atomic E-state index is 0.00743. The number of rotatable bonds is 7. The van der Waals surface area contributed by atoms with Crippen molar-refractivity contribution in [3.05, 3.63) is 46.7 Å². The number of hydrogen-bond donors (Lipinski definition) is 1. The van der Waals surface area contributed by atoms with Gasteiger partial charge in [0, 0.05) is 11.4 Å². The van der Waals surface area contributed by atoms with Crippen LogP contribution in [0, 0.1) is 0 Å². The Hall–Kier alpha value is -1.41. The fourth-order valence-corrected chi connectivity index (χ4v) is 4.01. The van der Waals surface area contributed by atoms with Crippen molar-refractivity contribution >= 4 is 21.4 Å². The highest BCUT2D eigenvalue weighted by molar-refractivity contribution is 7.89. The molecule has 0 amide bonds. The van der Waals surface area contributed by atoms with Crippen LogP contribution in [-0.4, -0.2) is 41.1 Å². The summed E-state index contributed by atoms with van der Waals surface area (Å²) in [6.45, 7) is 0.321. The third-order valence-corrected chi connectivity index (χ3v) is 5.74. The molecule has 0 radical (unpaired) electrons. The summed E-state index contributed by atoms with van der Waals surface area (Å²) in [5, 5.41) is 1.99. The zero-order chi connectivity index (χ0) is 16.2. The van der Waals surface area contributed by atoms with Crippen molar-refractivity contribution in [2.45, 2.75) is 10.9 Å². The third kappa shape index (κ3) is 4.07. The lowest BCUT2D eigenvalue weighted by Gasteiger charge is -2.23. The van der Waals surface area contributed by atoms with E-state index in [0.29, 0.717) is 12.3 Å². The van der Waals surface area contributed by atoms with Crippen molar-refractivity contribution in [3.63, 3.8) is 0 Å². The molecule has 1 unspecified atom stereocenters. The summed E-state index contributed by atoms with van der Waals surface area (Å²) in [6, 6.07) is 10.3. The highest BCUT2D eigenvalue weighted by Crippen LogP contribution is 2.23. The first-order chi connectivity index (χ1) is 10.4. The van der Waals surface area contributed by atoms with Crippen LogP contribution in [0.4, 0.5) is 0 Å². The van der Waals surface area contributed by atoms with Gasteiger partial charge in [-0.15, -0.1) is 11.3 Å². The molecule has 0 aliphatic heterocycles. The van der Waals surface area contributed by atoms with Gasteiger partial charge in [-0.25, -0.2) is 13.1 Å². The lowest BCUT2D eigenvalue weighted by atomic mass is 10.2. The van der Waals surface area contributed by atoms with Crippen molar-refractivity contribution in [1.29, 1.82) is 0 Å². The van der Waals surface area contributed by atoms with Gasteiger partial charge in [0.25, 0.3) is 0 Å². The van der Waals surface area contributed by atoms with Crippen molar-refractivity contribution in [2.75, 3.05) is 27.7 Å². The Kier molecular flexibility index (Phi) is 5.57. The first-order valence-corrected chi connectivity index (χ1v) is 9.14. The Bertz CT molecular complexity index is 680. The van der Waals surface area contributed by atoms with E-state index in [9.17, 15) is 8.42 Å². The number of nitrogens with zero attached hydrogens (tertiary/aromatic N) is 1. The molecule has 1 atom stereocenters. The summed E-state index contributed by atoms with van der Waals surface area (Å²) in [6.07, 6.45) is 0. The largest absolute Gasteiger partial charge is 0.497 e. The molecule has 2 rings (SSSR count). The maximum atomic E-state index is 12.4. The van der Waals surface area contributed by atoms with Gasteiger partial charge in [-0.05, 0) is 49.8 Å². The van der Waals surface area contributed by atoms with Crippen LogP contribution in [0.15, 0.2) is 46.7 Å². The summed E-state index contributed by atoms with van der Waals surface area (Å²) in [7, 11) is 1.89. The minimum atomic E-state index is -3.53. The first-order valence-electron chi connectivity index (χ1n) is 6.77. The number of thiophene rings is 1. The Labute approximate surface area is 135 Å². The standard InChI is InChI=1S/C15H20N2O3S2/c1-17(2)14(15-5-4-10-21-15)11-16-22(18,19)13-8-6-12(20-3)7-9-13/h4-10,14,16H,11H2,1-3H3. The number of benzene rings is 1. The van der Waals surface area contributed by atoms with Crippen LogP contribution in [0.1, 0.15) is 10.9 Å². The Morgan fingerprint density at radius 2 is 1.91 bits per heavy atom. The lowest BCUT2D eigenvalue weighted by Crippen LogP contribution is -2.34. The van der Waals surface area contributed by atoms with Crippen molar-refractivity contribution in [2.24, 2.45) is 0 Å². The predicted octanol–water partition coefficient (Wildman–Crippen LogP) is 2.34. The molecule has 0 spiro atoms. The smallest absolute Gasteiger partial charge is 0.240 e. The molecule has 7 heteroatoms. The van der Waals surface area contributed by atoms with Gasteiger partial charge in [-0.3, -0.25) is 0 Å².